The van der Waals surface area contributed by atoms with Crippen molar-refractivity contribution in [3.05, 3.63) is 47.5 Å². The van der Waals surface area contributed by atoms with Crippen molar-refractivity contribution < 1.29 is 4.79 Å². The second-order valence-corrected chi connectivity index (χ2v) is 4.50. The number of benzene rings is 2. The smallest absolute Gasteiger partial charge is 0.124 e. The number of carbonyl (C=O) groups is 1. The van der Waals surface area contributed by atoms with E-state index < -0.39 is 0 Å². The van der Waals surface area contributed by atoms with Crippen LogP contribution in [0.1, 0.15) is 29.9 Å². The van der Waals surface area contributed by atoms with Crippen molar-refractivity contribution in [2.75, 3.05) is 0 Å². The zero-order valence-corrected chi connectivity index (χ0v) is 9.15. The van der Waals surface area contributed by atoms with Crippen molar-refractivity contribution in [2.24, 2.45) is 0 Å². The molecule has 2 aromatic rings. The summed E-state index contributed by atoms with van der Waals surface area (Å²) in [6.07, 6.45) is 4.14. The number of hydrogen-bond acceptors (Lipinski definition) is 1. The third-order valence-electron chi connectivity index (χ3n) is 3.37. The van der Waals surface area contributed by atoms with Crippen LogP contribution in [0.3, 0.4) is 0 Å². The van der Waals surface area contributed by atoms with Crippen molar-refractivity contribution >= 4 is 17.1 Å². The number of carbonyl (C=O) groups excluding carboxylic acids is 1. The van der Waals surface area contributed by atoms with Gasteiger partial charge >= 0.3 is 0 Å². The molecule has 0 aromatic heterocycles. The summed E-state index contributed by atoms with van der Waals surface area (Å²) in [5.41, 5.74) is 2.61. The van der Waals surface area contributed by atoms with Crippen LogP contribution in [-0.4, -0.2) is 6.29 Å². The second-order valence-electron chi connectivity index (χ2n) is 4.50. The topological polar surface area (TPSA) is 17.1 Å². The highest BCUT2D eigenvalue weighted by molar-refractivity contribution is 5.90. The zero-order valence-electron chi connectivity index (χ0n) is 9.15. The van der Waals surface area contributed by atoms with Crippen LogP contribution in [0, 0.1) is 0 Å². The van der Waals surface area contributed by atoms with Gasteiger partial charge in [-0.3, -0.25) is 0 Å². The maximum atomic E-state index is 10.6. The molecule has 80 valence electrons. The summed E-state index contributed by atoms with van der Waals surface area (Å²) >= 11 is 0. The molecule has 16 heavy (non-hydrogen) atoms. The van der Waals surface area contributed by atoms with Gasteiger partial charge < -0.3 is 4.79 Å². The Kier molecular flexibility index (Phi) is 2.24. The minimum Gasteiger partial charge on any atom is -0.303 e. The van der Waals surface area contributed by atoms with Gasteiger partial charge in [0.1, 0.15) is 6.29 Å². The van der Waals surface area contributed by atoms with Crippen molar-refractivity contribution in [1.29, 1.82) is 0 Å². The fourth-order valence-electron chi connectivity index (χ4n) is 2.40. The molecule has 0 atom stereocenters. The monoisotopic (exact) mass is 210 g/mol. The summed E-state index contributed by atoms with van der Waals surface area (Å²) in [4.78, 5) is 10.6. The lowest BCUT2D eigenvalue weighted by Gasteiger charge is -2.08. The van der Waals surface area contributed by atoms with Gasteiger partial charge in [0.15, 0.2) is 0 Å². The largest absolute Gasteiger partial charge is 0.303 e. The average molecular weight is 210 g/mol. The van der Waals surface area contributed by atoms with Crippen LogP contribution in [-0.2, 0) is 11.2 Å². The zero-order chi connectivity index (χ0) is 11.0. The molecule has 0 unspecified atom stereocenters. The molecule has 0 saturated heterocycles. The molecular formula is C15H14O. The first-order chi connectivity index (χ1) is 7.90. The van der Waals surface area contributed by atoms with E-state index in [1.54, 1.807) is 0 Å². The fraction of sp³-hybridized carbons (Fsp3) is 0.267. The van der Waals surface area contributed by atoms with E-state index in [0.717, 1.165) is 17.8 Å². The fourth-order valence-corrected chi connectivity index (χ4v) is 2.40. The Morgan fingerprint density at radius 3 is 2.50 bits per heavy atom. The van der Waals surface area contributed by atoms with Crippen LogP contribution in [0.25, 0.3) is 10.8 Å². The van der Waals surface area contributed by atoms with E-state index >= 15 is 0 Å². The van der Waals surface area contributed by atoms with Crippen LogP contribution in [0.5, 0.6) is 0 Å². The lowest BCUT2D eigenvalue weighted by atomic mass is 9.96. The van der Waals surface area contributed by atoms with E-state index in [4.69, 9.17) is 0 Å². The Bertz CT molecular complexity index is 538. The van der Waals surface area contributed by atoms with Crippen LogP contribution >= 0.6 is 0 Å². The molecule has 1 aliphatic carbocycles. The predicted molar refractivity (Wildman–Crippen MR) is 65.7 cm³/mol. The van der Waals surface area contributed by atoms with Gasteiger partial charge in [-0.1, -0.05) is 36.4 Å². The van der Waals surface area contributed by atoms with Gasteiger partial charge in [-0.05, 0) is 40.7 Å². The number of aldehydes is 1. The Balaban J connectivity index is 2.24. The van der Waals surface area contributed by atoms with Gasteiger partial charge in [0.05, 0.1) is 0 Å². The minimum absolute atomic E-state index is 0.519. The summed E-state index contributed by atoms with van der Waals surface area (Å²) < 4.78 is 0. The van der Waals surface area contributed by atoms with E-state index in [1.165, 1.54) is 29.2 Å². The molecule has 1 nitrogen and oxygen atoms in total. The first-order valence-electron chi connectivity index (χ1n) is 5.84. The van der Waals surface area contributed by atoms with Gasteiger partial charge in [0.25, 0.3) is 0 Å². The summed E-state index contributed by atoms with van der Waals surface area (Å²) in [5.74, 6) is 0.759. The highest BCUT2D eigenvalue weighted by Gasteiger charge is 2.25. The lowest BCUT2D eigenvalue weighted by Crippen LogP contribution is -1.91. The van der Waals surface area contributed by atoms with E-state index in [0.29, 0.717) is 6.42 Å². The molecule has 1 saturated carbocycles. The molecule has 0 aliphatic heterocycles. The maximum Gasteiger partial charge on any atom is 0.124 e. The van der Waals surface area contributed by atoms with Gasteiger partial charge in [0, 0.05) is 6.42 Å². The molecule has 3 rings (SSSR count). The molecular weight excluding hydrogens is 196 g/mol. The molecule has 0 N–H and O–H groups in total. The van der Waals surface area contributed by atoms with Crippen molar-refractivity contribution in [1.82, 2.24) is 0 Å². The third-order valence-corrected chi connectivity index (χ3v) is 3.37. The van der Waals surface area contributed by atoms with E-state index in [-0.39, 0.29) is 0 Å². The molecule has 1 fully saturated rings. The van der Waals surface area contributed by atoms with Gasteiger partial charge in [-0.25, -0.2) is 0 Å². The predicted octanol–water partition coefficient (Wildman–Crippen LogP) is 3.46. The third kappa shape index (κ3) is 1.53. The van der Waals surface area contributed by atoms with Crippen LogP contribution in [0.4, 0.5) is 0 Å². The summed E-state index contributed by atoms with van der Waals surface area (Å²) in [7, 11) is 0. The first kappa shape index (κ1) is 9.59. The second kappa shape index (κ2) is 3.75. The van der Waals surface area contributed by atoms with Crippen LogP contribution in [0.15, 0.2) is 36.4 Å². The Morgan fingerprint density at radius 2 is 1.81 bits per heavy atom. The molecule has 0 heterocycles. The summed E-state index contributed by atoms with van der Waals surface area (Å²) in [6, 6.07) is 12.8. The van der Waals surface area contributed by atoms with Gasteiger partial charge in [0.2, 0.25) is 0 Å². The molecule has 0 amide bonds. The summed E-state index contributed by atoms with van der Waals surface area (Å²) in [6.45, 7) is 0. The van der Waals surface area contributed by atoms with Gasteiger partial charge in [-0.2, -0.15) is 0 Å². The Hall–Kier alpha value is -1.63. The molecule has 0 radical (unpaired) electrons. The molecule has 1 heteroatoms. The molecule has 1 aliphatic rings. The normalized spacial score (nSPS) is 15.2. The average Bonchev–Trinajstić information content (AvgIpc) is 3.14. The van der Waals surface area contributed by atoms with Crippen molar-refractivity contribution in [3.8, 4) is 0 Å². The molecule has 2 aromatic carbocycles. The van der Waals surface area contributed by atoms with Crippen LogP contribution in [0.2, 0.25) is 0 Å². The van der Waals surface area contributed by atoms with E-state index in [9.17, 15) is 4.79 Å². The van der Waals surface area contributed by atoms with Gasteiger partial charge in [-0.15, -0.1) is 0 Å². The highest BCUT2D eigenvalue weighted by Crippen LogP contribution is 2.43. The van der Waals surface area contributed by atoms with E-state index in [2.05, 4.69) is 30.3 Å². The highest BCUT2D eigenvalue weighted by atomic mass is 16.1. The Labute approximate surface area is 95.1 Å². The SMILES string of the molecule is O=CCc1ccc(C2CC2)c2ccccc12. The Morgan fingerprint density at radius 1 is 1.06 bits per heavy atom. The van der Waals surface area contributed by atoms with Crippen molar-refractivity contribution in [3.63, 3.8) is 0 Å². The van der Waals surface area contributed by atoms with Crippen LogP contribution < -0.4 is 0 Å². The number of fused-ring (bicyclic) bond motifs is 1. The molecule has 0 spiro atoms. The molecule has 0 bridgehead atoms. The summed E-state index contributed by atoms with van der Waals surface area (Å²) in [5, 5.41) is 2.59. The number of rotatable bonds is 3. The van der Waals surface area contributed by atoms with E-state index in [1.807, 2.05) is 6.07 Å². The maximum absolute atomic E-state index is 10.6. The lowest BCUT2D eigenvalue weighted by molar-refractivity contribution is -0.107. The van der Waals surface area contributed by atoms with Crippen molar-refractivity contribution in [2.45, 2.75) is 25.2 Å². The minimum atomic E-state index is 0.519. The quantitative estimate of drug-likeness (QED) is 0.709. The number of hydrogen-bond donors (Lipinski definition) is 0. The standard InChI is InChI=1S/C15H14O/c16-10-9-12-7-8-14(11-5-6-11)15-4-2-1-3-13(12)15/h1-4,7-8,10-11H,5-6,9H2. The first-order valence-corrected chi connectivity index (χ1v) is 5.84.